The minimum Gasteiger partial charge on any atom is -0.478 e. The van der Waals surface area contributed by atoms with Crippen molar-refractivity contribution in [2.75, 3.05) is 16.4 Å². The number of aromatic carboxylic acids is 2. The van der Waals surface area contributed by atoms with Crippen molar-refractivity contribution in [2.45, 2.75) is 20.8 Å². The molecule has 12 nitrogen and oxygen atoms in total. The number of rotatable bonds is 6. The van der Waals surface area contributed by atoms with E-state index in [0.29, 0.717) is 5.57 Å². The minimum absolute atomic E-state index is 0.0163. The number of anilines is 2. The number of carbonyl (C=O) groups excluding carboxylic acids is 5. The summed E-state index contributed by atoms with van der Waals surface area (Å²) < 4.78 is 5.36. The monoisotopic (exact) mass is 586 g/mol. The first-order valence-electron chi connectivity index (χ1n) is 13.7. The van der Waals surface area contributed by atoms with Gasteiger partial charge in [0.05, 0.1) is 52.8 Å². The van der Waals surface area contributed by atoms with Crippen LogP contribution >= 0.6 is 0 Å². The van der Waals surface area contributed by atoms with Crippen LogP contribution in [0.2, 0.25) is 0 Å². The van der Waals surface area contributed by atoms with Crippen molar-refractivity contribution in [1.29, 1.82) is 0 Å². The van der Waals surface area contributed by atoms with E-state index < -0.39 is 76.5 Å². The fourth-order valence-corrected chi connectivity index (χ4v) is 7.82. The molecule has 0 unspecified atom stereocenters. The van der Waals surface area contributed by atoms with Crippen molar-refractivity contribution < 1.29 is 48.5 Å². The van der Waals surface area contributed by atoms with Crippen molar-refractivity contribution in [3.63, 3.8) is 0 Å². The van der Waals surface area contributed by atoms with Gasteiger partial charge in [-0.15, -0.1) is 0 Å². The Morgan fingerprint density at radius 1 is 0.721 bits per heavy atom. The number of carbonyl (C=O) groups is 7. The van der Waals surface area contributed by atoms with Crippen LogP contribution in [0.5, 0.6) is 0 Å². The highest BCUT2D eigenvalue weighted by Crippen LogP contribution is 2.68. The molecule has 3 fully saturated rings. The molecular formula is C31H26N2O10. The van der Waals surface area contributed by atoms with E-state index in [2.05, 4.69) is 0 Å². The molecule has 4 atom stereocenters. The van der Waals surface area contributed by atoms with E-state index in [1.165, 1.54) is 48.5 Å². The third-order valence-electron chi connectivity index (χ3n) is 9.43. The summed E-state index contributed by atoms with van der Waals surface area (Å²) in [5.41, 5.74) is -0.933. The first-order valence-corrected chi connectivity index (χ1v) is 13.7. The van der Waals surface area contributed by atoms with Crippen LogP contribution in [0.15, 0.2) is 59.7 Å². The predicted molar refractivity (Wildman–Crippen MR) is 147 cm³/mol. The van der Waals surface area contributed by atoms with E-state index in [-0.39, 0.29) is 34.7 Å². The van der Waals surface area contributed by atoms with E-state index >= 15 is 0 Å². The van der Waals surface area contributed by atoms with E-state index in [4.69, 9.17) is 4.74 Å². The second kappa shape index (κ2) is 9.45. The Morgan fingerprint density at radius 2 is 1.12 bits per heavy atom. The molecule has 3 aliphatic carbocycles. The smallest absolute Gasteiger partial charge is 0.335 e. The van der Waals surface area contributed by atoms with Crippen LogP contribution < -0.4 is 9.80 Å². The lowest BCUT2D eigenvalue weighted by Crippen LogP contribution is -2.61. The van der Waals surface area contributed by atoms with Gasteiger partial charge in [-0.1, -0.05) is 12.5 Å². The van der Waals surface area contributed by atoms with Gasteiger partial charge in [0.25, 0.3) is 0 Å². The average molecular weight is 587 g/mol. The molecule has 2 heterocycles. The molecule has 2 aromatic carbocycles. The van der Waals surface area contributed by atoms with Crippen LogP contribution in [-0.2, 0) is 28.7 Å². The quantitative estimate of drug-likeness (QED) is 0.378. The molecule has 0 aromatic heterocycles. The third-order valence-corrected chi connectivity index (χ3v) is 9.43. The van der Waals surface area contributed by atoms with E-state index in [9.17, 15) is 43.8 Å². The van der Waals surface area contributed by atoms with Gasteiger partial charge in [0.2, 0.25) is 23.6 Å². The Hall–Kier alpha value is -5.13. The molecule has 0 spiro atoms. The van der Waals surface area contributed by atoms with Gasteiger partial charge >= 0.3 is 17.9 Å². The number of carboxylic acid groups (broad SMARTS) is 2. The SMILES string of the molecule is CCOC(=O)C1=C(C)C2[C@H]3C(=O)N(c4ccc(C(=O)O)cc4)C(=O)[C@H]3C1(C)[C@@H]1C(=O)N(c3ccc(C(=O)O)cc3)C(=O)[C@H]21. The minimum atomic E-state index is -1.61. The summed E-state index contributed by atoms with van der Waals surface area (Å²) in [7, 11) is 0. The molecule has 1 saturated carbocycles. The Kier molecular flexibility index (Phi) is 6.15. The summed E-state index contributed by atoms with van der Waals surface area (Å²) in [6.45, 7) is 4.80. The van der Waals surface area contributed by atoms with Crippen molar-refractivity contribution in [3.8, 4) is 0 Å². The first kappa shape index (κ1) is 28.0. The lowest BCUT2D eigenvalue weighted by molar-refractivity contribution is -0.155. The summed E-state index contributed by atoms with van der Waals surface area (Å²) in [6, 6.07) is 10.4. The number of nitrogens with zero attached hydrogens (tertiary/aromatic N) is 2. The predicted octanol–water partition coefficient (Wildman–Crippen LogP) is 2.52. The van der Waals surface area contributed by atoms with Gasteiger partial charge < -0.3 is 14.9 Å². The van der Waals surface area contributed by atoms with Crippen molar-refractivity contribution in [3.05, 3.63) is 70.8 Å². The highest BCUT2D eigenvalue weighted by atomic mass is 16.5. The second-order valence-corrected chi connectivity index (χ2v) is 11.3. The normalized spacial score (nSPS) is 29.2. The maximum atomic E-state index is 14.2. The molecule has 5 aliphatic rings. The highest BCUT2D eigenvalue weighted by molar-refractivity contribution is 6.27. The average Bonchev–Trinajstić information content (AvgIpc) is 3.39. The molecule has 2 aromatic rings. The number of ether oxygens (including phenoxy) is 1. The lowest BCUT2D eigenvalue weighted by Gasteiger charge is -2.55. The van der Waals surface area contributed by atoms with Gasteiger partial charge in [-0.05, 0) is 62.4 Å². The van der Waals surface area contributed by atoms with Crippen LogP contribution in [0.1, 0.15) is 41.5 Å². The summed E-state index contributed by atoms with van der Waals surface area (Å²) in [5.74, 6) is -11.1. The number of imide groups is 2. The van der Waals surface area contributed by atoms with Gasteiger partial charge in [-0.2, -0.15) is 0 Å². The fraction of sp³-hybridized carbons (Fsp3) is 0.323. The van der Waals surface area contributed by atoms with Crippen LogP contribution in [0, 0.1) is 35.0 Å². The van der Waals surface area contributed by atoms with Crippen molar-refractivity contribution >= 4 is 52.9 Å². The summed E-state index contributed by atoms with van der Waals surface area (Å²) in [6.07, 6.45) is 0. The van der Waals surface area contributed by atoms with Gasteiger partial charge in [0.1, 0.15) is 0 Å². The van der Waals surface area contributed by atoms with Gasteiger partial charge in [-0.25, -0.2) is 14.4 Å². The van der Waals surface area contributed by atoms with Gasteiger partial charge in [0, 0.05) is 16.9 Å². The Balaban J connectivity index is 1.49. The van der Waals surface area contributed by atoms with Crippen LogP contribution in [0.3, 0.4) is 0 Å². The summed E-state index contributed by atoms with van der Waals surface area (Å²) in [4.78, 5) is 94.5. The summed E-state index contributed by atoms with van der Waals surface area (Å²) in [5, 5.41) is 18.5. The van der Waals surface area contributed by atoms with Crippen molar-refractivity contribution in [2.24, 2.45) is 35.0 Å². The number of amides is 4. The molecule has 2 N–H and O–H groups in total. The van der Waals surface area contributed by atoms with E-state index in [0.717, 1.165) is 9.80 Å². The zero-order chi connectivity index (χ0) is 31.1. The van der Waals surface area contributed by atoms with E-state index in [1.54, 1.807) is 20.8 Å². The molecule has 7 rings (SSSR count). The third kappa shape index (κ3) is 3.58. The van der Waals surface area contributed by atoms with Crippen molar-refractivity contribution in [1.82, 2.24) is 0 Å². The molecule has 2 saturated heterocycles. The zero-order valence-corrected chi connectivity index (χ0v) is 23.3. The largest absolute Gasteiger partial charge is 0.478 e. The maximum Gasteiger partial charge on any atom is 0.335 e. The Morgan fingerprint density at radius 3 is 1.47 bits per heavy atom. The highest BCUT2D eigenvalue weighted by Gasteiger charge is 2.77. The lowest BCUT2D eigenvalue weighted by atomic mass is 9.43. The molecule has 220 valence electrons. The number of carboxylic acids is 2. The number of esters is 1. The molecule has 4 amide bonds. The van der Waals surface area contributed by atoms with Crippen LogP contribution in [0.25, 0.3) is 0 Å². The molecule has 0 radical (unpaired) electrons. The maximum absolute atomic E-state index is 14.2. The van der Waals surface area contributed by atoms with Crippen LogP contribution in [0.4, 0.5) is 11.4 Å². The molecule has 12 heteroatoms. The van der Waals surface area contributed by atoms with Gasteiger partial charge in [0.15, 0.2) is 0 Å². The number of benzene rings is 2. The zero-order valence-electron chi connectivity index (χ0n) is 23.3. The molecule has 2 aliphatic heterocycles. The summed E-state index contributed by atoms with van der Waals surface area (Å²) >= 11 is 0. The van der Waals surface area contributed by atoms with Crippen LogP contribution in [-0.4, -0.2) is 58.4 Å². The second-order valence-electron chi connectivity index (χ2n) is 11.3. The Bertz CT molecular complexity index is 1590. The molecular weight excluding hydrogens is 560 g/mol. The molecule has 2 bridgehead atoms. The fourth-order valence-electron chi connectivity index (χ4n) is 7.82. The number of allylic oxidation sites excluding steroid dienone is 1. The number of hydrogen-bond donors (Lipinski definition) is 2. The standard InChI is InChI=1S/C31H26N2O10/c1-4-43-30(42)21-13(2)18-19-22(26(36)32(24(19)34)16-9-5-14(6-10-16)28(38)39)31(21,3)23-20(18)25(35)33(27(23)37)17-11-7-15(8-12-17)29(40)41/h5-12,18-20,22-23H,4H2,1-3H3,(H,38,39)(H,40,41)/t18?,19-,20-,22+,23+,31?/m1/s1. The van der Waals surface area contributed by atoms with Gasteiger partial charge in [-0.3, -0.25) is 29.0 Å². The Labute approximate surface area is 244 Å². The first-order chi connectivity index (χ1) is 20.4. The van der Waals surface area contributed by atoms with E-state index in [1.807, 2.05) is 0 Å². The topological polar surface area (TPSA) is 176 Å². The number of hydrogen-bond acceptors (Lipinski definition) is 8. The molecule has 43 heavy (non-hydrogen) atoms.